The van der Waals surface area contributed by atoms with Crippen LogP contribution in [-0.2, 0) is 14.8 Å². The molecule has 4 rings (SSSR count). The summed E-state index contributed by atoms with van der Waals surface area (Å²) in [7, 11) is -2.38. The number of sulfonamides is 1. The van der Waals surface area contributed by atoms with Gasteiger partial charge in [0.1, 0.15) is 6.10 Å². The van der Waals surface area contributed by atoms with Gasteiger partial charge in [0.15, 0.2) is 5.75 Å². The molecule has 0 saturated heterocycles. The van der Waals surface area contributed by atoms with Crippen LogP contribution in [0.25, 0.3) is 0 Å². The van der Waals surface area contributed by atoms with Crippen molar-refractivity contribution in [2.24, 2.45) is 11.8 Å². The predicted octanol–water partition coefficient (Wildman–Crippen LogP) is 3.23. The Morgan fingerprint density at radius 3 is 2.54 bits per heavy atom. The molecule has 0 radical (unpaired) electrons. The van der Waals surface area contributed by atoms with Gasteiger partial charge in [-0.05, 0) is 56.2 Å². The van der Waals surface area contributed by atoms with Gasteiger partial charge in [-0.25, -0.2) is 8.42 Å². The standard InChI is InChI=1S/C26H32ClN3O6S/c1-16-13-30(17(2)15-31)26(33)21-5-4-6-22(28-25(32)18-7-8-18)24(21)36-23(16)14-29(3)37(34,35)20-11-9-19(27)10-12-20/h4-6,9-12,16-18,23,31H,7-8,13-15H2,1-3H3,(H,28,32)/t16-,17-,23-/m0/s1. The molecule has 0 bridgehead atoms. The molecule has 2 aromatic rings. The molecular weight excluding hydrogens is 518 g/mol. The highest BCUT2D eigenvalue weighted by Gasteiger charge is 2.37. The average Bonchev–Trinajstić information content (AvgIpc) is 3.72. The molecule has 1 fully saturated rings. The second-order valence-corrected chi connectivity index (χ2v) is 12.3. The smallest absolute Gasteiger partial charge is 0.258 e. The monoisotopic (exact) mass is 549 g/mol. The number of hydrogen-bond acceptors (Lipinski definition) is 6. The molecule has 11 heteroatoms. The minimum Gasteiger partial charge on any atom is -0.486 e. The van der Waals surface area contributed by atoms with E-state index in [-0.39, 0.29) is 59.6 Å². The quantitative estimate of drug-likeness (QED) is 0.522. The molecule has 1 saturated carbocycles. The van der Waals surface area contributed by atoms with E-state index in [1.807, 2.05) is 6.92 Å². The Balaban J connectivity index is 1.70. The van der Waals surface area contributed by atoms with Gasteiger partial charge in [0.05, 0.1) is 35.3 Å². The van der Waals surface area contributed by atoms with Crippen molar-refractivity contribution in [3.05, 3.63) is 53.1 Å². The number of anilines is 1. The van der Waals surface area contributed by atoms with Gasteiger partial charge in [-0.2, -0.15) is 4.31 Å². The molecule has 2 amide bonds. The van der Waals surface area contributed by atoms with E-state index in [1.165, 1.54) is 35.6 Å². The number of fused-ring (bicyclic) bond motifs is 1. The number of benzene rings is 2. The molecule has 0 spiro atoms. The van der Waals surface area contributed by atoms with Gasteiger partial charge in [0, 0.05) is 30.5 Å². The van der Waals surface area contributed by atoms with Crippen LogP contribution >= 0.6 is 11.6 Å². The number of nitrogens with one attached hydrogen (secondary N) is 1. The van der Waals surface area contributed by atoms with Gasteiger partial charge in [-0.3, -0.25) is 9.59 Å². The lowest BCUT2D eigenvalue weighted by Crippen LogP contribution is -2.50. The van der Waals surface area contributed by atoms with Gasteiger partial charge >= 0.3 is 0 Å². The van der Waals surface area contributed by atoms with Crippen molar-refractivity contribution >= 4 is 39.1 Å². The van der Waals surface area contributed by atoms with E-state index in [2.05, 4.69) is 5.32 Å². The molecule has 2 N–H and O–H groups in total. The second-order valence-electron chi connectivity index (χ2n) is 9.81. The maximum atomic E-state index is 13.5. The van der Waals surface area contributed by atoms with Crippen LogP contribution < -0.4 is 10.1 Å². The summed E-state index contributed by atoms with van der Waals surface area (Å²) < 4.78 is 34.1. The highest BCUT2D eigenvalue weighted by atomic mass is 35.5. The fraction of sp³-hybridized carbons (Fsp3) is 0.462. The number of para-hydroxylation sites is 1. The molecule has 37 heavy (non-hydrogen) atoms. The average molecular weight is 550 g/mol. The van der Waals surface area contributed by atoms with Gasteiger partial charge < -0.3 is 20.1 Å². The predicted molar refractivity (Wildman–Crippen MR) is 140 cm³/mol. The zero-order chi connectivity index (χ0) is 26.9. The van der Waals surface area contributed by atoms with E-state index in [9.17, 15) is 23.1 Å². The van der Waals surface area contributed by atoms with Crippen LogP contribution in [0.15, 0.2) is 47.4 Å². The molecule has 2 aliphatic rings. The maximum absolute atomic E-state index is 13.5. The third-order valence-electron chi connectivity index (χ3n) is 6.86. The van der Waals surface area contributed by atoms with Crippen LogP contribution in [0.3, 0.4) is 0 Å². The summed E-state index contributed by atoms with van der Waals surface area (Å²) >= 11 is 5.93. The third kappa shape index (κ3) is 5.93. The first-order valence-electron chi connectivity index (χ1n) is 12.3. The molecule has 2 aromatic carbocycles. The summed E-state index contributed by atoms with van der Waals surface area (Å²) in [5.74, 6) is -0.631. The first kappa shape index (κ1) is 27.4. The summed E-state index contributed by atoms with van der Waals surface area (Å²) in [6.45, 7) is 3.62. The lowest BCUT2D eigenvalue weighted by atomic mass is 9.99. The van der Waals surface area contributed by atoms with Crippen LogP contribution in [0.2, 0.25) is 5.02 Å². The minimum absolute atomic E-state index is 0.00793. The summed E-state index contributed by atoms with van der Waals surface area (Å²) in [6, 6.07) is 10.4. The number of carbonyl (C=O) groups excluding carboxylic acids is 2. The molecule has 1 heterocycles. The Morgan fingerprint density at radius 1 is 1.24 bits per heavy atom. The van der Waals surface area contributed by atoms with Crippen molar-refractivity contribution in [1.29, 1.82) is 0 Å². The first-order chi connectivity index (χ1) is 17.5. The second kappa shape index (κ2) is 11.0. The Labute approximate surface area is 222 Å². The number of aliphatic hydroxyl groups excluding tert-OH is 1. The van der Waals surface area contributed by atoms with Crippen LogP contribution in [-0.4, -0.2) is 73.4 Å². The summed E-state index contributed by atoms with van der Waals surface area (Å²) in [4.78, 5) is 27.8. The molecule has 0 aromatic heterocycles. The number of ether oxygens (including phenoxy) is 1. The normalized spacial score (nSPS) is 21.0. The number of halogens is 1. The highest BCUT2D eigenvalue weighted by Crippen LogP contribution is 2.37. The molecule has 1 aliphatic carbocycles. The van der Waals surface area contributed by atoms with Gasteiger partial charge in [0.2, 0.25) is 15.9 Å². The van der Waals surface area contributed by atoms with E-state index in [4.69, 9.17) is 16.3 Å². The Hall–Kier alpha value is -2.66. The Morgan fingerprint density at radius 2 is 1.92 bits per heavy atom. The van der Waals surface area contributed by atoms with Crippen molar-refractivity contribution in [1.82, 2.24) is 9.21 Å². The van der Waals surface area contributed by atoms with E-state index < -0.39 is 22.2 Å². The lowest BCUT2D eigenvalue weighted by molar-refractivity contribution is -0.117. The number of aliphatic hydroxyl groups is 1. The molecule has 200 valence electrons. The van der Waals surface area contributed by atoms with Gasteiger partial charge in [0.25, 0.3) is 5.91 Å². The molecule has 9 nitrogen and oxygen atoms in total. The van der Waals surface area contributed by atoms with E-state index >= 15 is 0 Å². The molecular formula is C26H32ClN3O6S. The number of hydrogen-bond donors (Lipinski definition) is 2. The fourth-order valence-electron chi connectivity index (χ4n) is 4.28. The SMILES string of the molecule is C[C@H]1CN([C@@H](C)CO)C(=O)c2cccc(NC(=O)C3CC3)c2O[C@H]1CN(C)S(=O)(=O)c1ccc(Cl)cc1. The van der Waals surface area contributed by atoms with Gasteiger partial charge in [-0.1, -0.05) is 24.6 Å². The van der Waals surface area contributed by atoms with Crippen molar-refractivity contribution in [2.45, 2.75) is 43.7 Å². The number of likely N-dealkylation sites (N-methyl/N-ethyl adjacent to an activating group) is 1. The Kier molecular flexibility index (Phi) is 8.13. The number of rotatable bonds is 8. The minimum atomic E-state index is -3.85. The summed E-state index contributed by atoms with van der Waals surface area (Å²) in [6.07, 6.45) is 0.969. The largest absolute Gasteiger partial charge is 0.486 e. The Bertz CT molecular complexity index is 1270. The number of amides is 2. The molecule has 3 atom stereocenters. The van der Waals surface area contributed by atoms with Crippen molar-refractivity contribution in [3.8, 4) is 5.75 Å². The van der Waals surface area contributed by atoms with E-state index in [0.29, 0.717) is 10.7 Å². The van der Waals surface area contributed by atoms with Crippen LogP contribution in [0.1, 0.15) is 37.0 Å². The molecule has 0 unspecified atom stereocenters. The van der Waals surface area contributed by atoms with Crippen molar-refractivity contribution < 1.29 is 27.9 Å². The first-order valence-corrected chi connectivity index (χ1v) is 14.1. The van der Waals surface area contributed by atoms with E-state index in [1.54, 1.807) is 30.0 Å². The molecule has 1 aliphatic heterocycles. The van der Waals surface area contributed by atoms with Crippen LogP contribution in [0.5, 0.6) is 5.75 Å². The third-order valence-corrected chi connectivity index (χ3v) is 8.95. The maximum Gasteiger partial charge on any atom is 0.258 e. The summed E-state index contributed by atoms with van der Waals surface area (Å²) in [5, 5.41) is 13.1. The fourth-order valence-corrected chi connectivity index (χ4v) is 5.59. The number of carbonyl (C=O) groups is 2. The van der Waals surface area contributed by atoms with E-state index in [0.717, 1.165) is 12.8 Å². The number of nitrogens with zero attached hydrogens (tertiary/aromatic N) is 2. The van der Waals surface area contributed by atoms with Crippen molar-refractivity contribution in [3.63, 3.8) is 0 Å². The van der Waals surface area contributed by atoms with Crippen LogP contribution in [0, 0.1) is 11.8 Å². The lowest BCUT2D eigenvalue weighted by Gasteiger charge is -2.38. The van der Waals surface area contributed by atoms with Crippen molar-refractivity contribution in [2.75, 3.05) is 32.1 Å². The zero-order valence-electron chi connectivity index (χ0n) is 21.1. The summed E-state index contributed by atoms with van der Waals surface area (Å²) in [5.41, 5.74) is 0.607. The van der Waals surface area contributed by atoms with Gasteiger partial charge in [-0.15, -0.1) is 0 Å². The topological polar surface area (TPSA) is 116 Å². The zero-order valence-corrected chi connectivity index (χ0v) is 22.6. The van der Waals surface area contributed by atoms with Crippen LogP contribution in [0.4, 0.5) is 5.69 Å². The highest BCUT2D eigenvalue weighted by molar-refractivity contribution is 7.89.